The van der Waals surface area contributed by atoms with Gasteiger partial charge in [-0.05, 0) is 82.4 Å². The predicted molar refractivity (Wildman–Crippen MR) is 90.1 cm³/mol. The van der Waals surface area contributed by atoms with Gasteiger partial charge < -0.3 is 15.4 Å². The first-order valence-electron chi connectivity index (χ1n) is 7.13. The number of benzene rings is 1. The summed E-state index contributed by atoms with van der Waals surface area (Å²) >= 11 is 7.11. The van der Waals surface area contributed by atoms with Gasteiger partial charge in [0, 0.05) is 12.6 Å². The lowest BCUT2D eigenvalue weighted by Crippen LogP contribution is -2.37. The van der Waals surface area contributed by atoms with Gasteiger partial charge in [-0.25, -0.2) is 0 Å². The van der Waals surface area contributed by atoms with Gasteiger partial charge in [0.15, 0.2) is 0 Å². The Hall–Kier alpha value is -0.100. The summed E-state index contributed by atoms with van der Waals surface area (Å²) in [5.41, 5.74) is 6.75. The fourth-order valence-corrected chi connectivity index (χ4v) is 4.18. The molecule has 1 unspecified atom stereocenters. The number of nitrogens with zero attached hydrogens (tertiary/aromatic N) is 1. The van der Waals surface area contributed by atoms with Gasteiger partial charge in [0.1, 0.15) is 5.75 Å². The quantitative estimate of drug-likeness (QED) is 0.806. The second-order valence-electron chi connectivity index (χ2n) is 5.36. The summed E-state index contributed by atoms with van der Waals surface area (Å²) in [6.45, 7) is 2.49. The molecule has 1 aliphatic rings. The third-order valence-corrected chi connectivity index (χ3v) is 5.09. The molecular weight excluding hydrogens is 384 g/mol. The molecule has 20 heavy (non-hydrogen) atoms. The van der Waals surface area contributed by atoms with Gasteiger partial charge in [0.2, 0.25) is 0 Å². The topological polar surface area (TPSA) is 38.5 Å². The lowest BCUT2D eigenvalue weighted by Gasteiger charge is -2.32. The molecule has 1 atom stereocenters. The summed E-state index contributed by atoms with van der Waals surface area (Å²) < 4.78 is 7.88. The molecule has 2 N–H and O–H groups in total. The van der Waals surface area contributed by atoms with Crippen LogP contribution in [0.4, 0.5) is 0 Å². The van der Waals surface area contributed by atoms with Crippen LogP contribution in [0.3, 0.4) is 0 Å². The van der Waals surface area contributed by atoms with Gasteiger partial charge in [-0.15, -0.1) is 0 Å². The summed E-state index contributed by atoms with van der Waals surface area (Å²) in [7, 11) is 2.21. The zero-order valence-corrected chi connectivity index (χ0v) is 15.0. The van der Waals surface area contributed by atoms with Crippen LogP contribution >= 0.6 is 31.9 Å². The summed E-state index contributed by atoms with van der Waals surface area (Å²) in [5, 5.41) is 0. The normalized spacial score (nSPS) is 20.1. The molecule has 0 aromatic heterocycles. The maximum atomic E-state index is 5.96. The van der Waals surface area contributed by atoms with Crippen molar-refractivity contribution >= 4 is 31.9 Å². The third-order valence-electron chi connectivity index (χ3n) is 3.91. The molecular formula is C15H22Br2N2O. The number of rotatable bonds is 5. The van der Waals surface area contributed by atoms with E-state index in [-0.39, 0.29) is 0 Å². The molecule has 0 saturated carbocycles. The SMILES string of the molecule is CN1CCCCC1CCOc1c(Br)cc(CN)cc1Br. The first-order valence-corrected chi connectivity index (χ1v) is 8.71. The maximum Gasteiger partial charge on any atom is 0.147 e. The second kappa shape index (κ2) is 7.78. The van der Waals surface area contributed by atoms with Crippen LogP contribution in [-0.4, -0.2) is 31.1 Å². The highest BCUT2D eigenvalue weighted by atomic mass is 79.9. The molecule has 0 amide bonds. The van der Waals surface area contributed by atoms with Crippen molar-refractivity contribution in [3.8, 4) is 5.75 Å². The zero-order valence-electron chi connectivity index (χ0n) is 11.9. The minimum Gasteiger partial charge on any atom is -0.491 e. The lowest BCUT2D eigenvalue weighted by atomic mass is 10.0. The number of piperidine rings is 1. The van der Waals surface area contributed by atoms with Crippen molar-refractivity contribution in [2.75, 3.05) is 20.2 Å². The van der Waals surface area contributed by atoms with E-state index in [4.69, 9.17) is 10.5 Å². The predicted octanol–water partition coefficient (Wildman–Crippen LogP) is 3.92. The Bertz CT molecular complexity index is 430. The average molecular weight is 406 g/mol. The van der Waals surface area contributed by atoms with Gasteiger partial charge in [0.25, 0.3) is 0 Å². The molecule has 1 aromatic rings. The highest BCUT2D eigenvalue weighted by molar-refractivity contribution is 9.11. The Morgan fingerprint density at radius 1 is 1.30 bits per heavy atom. The fraction of sp³-hybridized carbons (Fsp3) is 0.600. The van der Waals surface area contributed by atoms with Crippen molar-refractivity contribution in [2.24, 2.45) is 5.73 Å². The molecule has 2 rings (SSSR count). The molecule has 0 radical (unpaired) electrons. The molecule has 3 nitrogen and oxygen atoms in total. The Morgan fingerprint density at radius 2 is 2.00 bits per heavy atom. The van der Waals surface area contributed by atoms with E-state index in [0.717, 1.165) is 33.3 Å². The summed E-state index contributed by atoms with van der Waals surface area (Å²) in [4.78, 5) is 2.45. The Balaban J connectivity index is 1.90. The van der Waals surface area contributed by atoms with E-state index in [1.54, 1.807) is 0 Å². The van der Waals surface area contributed by atoms with E-state index < -0.39 is 0 Å². The molecule has 1 fully saturated rings. The first kappa shape index (κ1) is 16.3. The van der Waals surface area contributed by atoms with Crippen LogP contribution in [0.15, 0.2) is 21.1 Å². The maximum absolute atomic E-state index is 5.96. The minimum absolute atomic E-state index is 0.532. The van der Waals surface area contributed by atoms with Gasteiger partial charge in [0.05, 0.1) is 15.6 Å². The second-order valence-corrected chi connectivity index (χ2v) is 7.07. The van der Waals surface area contributed by atoms with E-state index in [1.165, 1.54) is 25.8 Å². The standard InChI is InChI=1S/C15H22Br2N2O/c1-19-6-3-2-4-12(19)5-7-20-15-13(16)8-11(10-18)9-14(15)17/h8-9,12H,2-7,10,18H2,1H3. The number of hydrogen-bond acceptors (Lipinski definition) is 3. The smallest absolute Gasteiger partial charge is 0.147 e. The van der Waals surface area contributed by atoms with Crippen molar-refractivity contribution in [2.45, 2.75) is 38.3 Å². The Morgan fingerprint density at radius 3 is 2.60 bits per heavy atom. The molecule has 5 heteroatoms. The molecule has 0 spiro atoms. The lowest BCUT2D eigenvalue weighted by molar-refractivity contribution is 0.152. The molecule has 1 aliphatic heterocycles. The van der Waals surface area contributed by atoms with Gasteiger partial charge >= 0.3 is 0 Å². The largest absolute Gasteiger partial charge is 0.491 e. The van der Waals surface area contributed by atoms with Gasteiger partial charge in [-0.2, -0.15) is 0 Å². The van der Waals surface area contributed by atoms with Crippen LogP contribution < -0.4 is 10.5 Å². The van der Waals surface area contributed by atoms with E-state index in [0.29, 0.717) is 12.6 Å². The van der Waals surface area contributed by atoms with Crippen LogP contribution in [0.25, 0.3) is 0 Å². The Kier molecular flexibility index (Phi) is 6.33. The molecule has 0 bridgehead atoms. The number of halogens is 2. The van der Waals surface area contributed by atoms with Crippen molar-refractivity contribution in [3.63, 3.8) is 0 Å². The van der Waals surface area contributed by atoms with Crippen LogP contribution in [0.1, 0.15) is 31.2 Å². The zero-order chi connectivity index (χ0) is 14.5. The van der Waals surface area contributed by atoms with Crippen molar-refractivity contribution in [1.29, 1.82) is 0 Å². The highest BCUT2D eigenvalue weighted by Gasteiger charge is 2.19. The van der Waals surface area contributed by atoms with Crippen LogP contribution in [0.5, 0.6) is 5.75 Å². The van der Waals surface area contributed by atoms with Crippen LogP contribution in [0, 0.1) is 0 Å². The van der Waals surface area contributed by atoms with E-state index in [1.807, 2.05) is 12.1 Å². The van der Waals surface area contributed by atoms with E-state index in [2.05, 4.69) is 43.8 Å². The molecule has 1 heterocycles. The highest BCUT2D eigenvalue weighted by Crippen LogP contribution is 2.35. The molecule has 1 aromatic carbocycles. The molecule has 112 valence electrons. The van der Waals surface area contributed by atoms with Crippen LogP contribution in [-0.2, 0) is 6.54 Å². The van der Waals surface area contributed by atoms with Crippen molar-refractivity contribution in [1.82, 2.24) is 4.90 Å². The summed E-state index contributed by atoms with van der Waals surface area (Å²) in [6, 6.07) is 4.70. The molecule has 0 aliphatic carbocycles. The Labute approximate surface area is 138 Å². The number of ether oxygens (including phenoxy) is 1. The number of likely N-dealkylation sites (tertiary alicyclic amines) is 1. The monoisotopic (exact) mass is 404 g/mol. The average Bonchev–Trinajstić information content (AvgIpc) is 2.43. The third kappa shape index (κ3) is 4.20. The van der Waals surface area contributed by atoms with Crippen molar-refractivity contribution < 1.29 is 4.74 Å². The van der Waals surface area contributed by atoms with Gasteiger partial charge in [-0.1, -0.05) is 6.42 Å². The van der Waals surface area contributed by atoms with E-state index in [9.17, 15) is 0 Å². The fourth-order valence-electron chi connectivity index (χ4n) is 2.67. The number of nitrogens with two attached hydrogens (primary N) is 1. The first-order chi connectivity index (χ1) is 9.61. The summed E-state index contributed by atoms with van der Waals surface area (Å²) in [5.74, 6) is 0.876. The van der Waals surface area contributed by atoms with E-state index >= 15 is 0 Å². The van der Waals surface area contributed by atoms with Gasteiger partial charge in [-0.3, -0.25) is 0 Å². The van der Waals surface area contributed by atoms with Crippen molar-refractivity contribution in [3.05, 3.63) is 26.6 Å². The van der Waals surface area contributed by atoms with Crippen LogP contribution in [0.2, 0.25) is 0 Å². The minimum atomic E-state index is 0.532. The molecule has 1 saturated heterocycles. The number of hydrogen-bond donors (Lipinski definition) is 1. The summed E-state index contributed by atoms with van der Waals surface area (Å²) in [6.07, 6.45) is 5.03.